The fourth-order valence-corrected chi connectivity index (χ4v) is 3.77. The summed E-state index contributed by atoms with van der Waals surface area (Å²) in [4.78, 5) is 12.4. The molecule has 0 fully saturated rings. The van der Waals surface area contributed by atoms with Crippen LogP contribution >= 0.6 is 35.2 Å². The van der Waals surface area contributed by atoms with Crippen LogP contribution in [0.1, 0.15) is 21.1 Å². The molecule has 4 rings (SSSR count). The zero-order chi connectivity index (χ0) is 22.5. The largest absolute Gasteiger partial charge is 0.486 e. The second-order valence-electron chi connectivity index (χ2n) is 6.69. The Hall–Kier alpha value is -3.27. The quantitative estimate of drug-likeness (QED) is 0.351. The molecular formula is C22H17ClN4O3S2. The minimum absolute atomic E-state index is 0.0849. The van der Waals surface area contributed by atoms with Crippen molar-refractivity contribution in [2.24, 2.45) is 0 Å². The number of benzene rings is 2. The van der Waals surface area contributed by atoms with Gasteiger partial charge in [0.2, 0.25) is 5.13 Å². The number of aromatic nitrogens is 2. The zero-order valence-corrected chi connectivity index (χ0v) is 19.2. The van der Waals surface area contributed by atoms with Crippen LogP contribution in [0.4, 0.5) is 5.13 Å². The highest BCUT2D eigenvalue weighted by Gasteiger charge is 2.15. The molecule has 162 valence electrons. The summed E-state index contributed by atoms with van der Waals surface area (Å²) in [6.45, 7) is 2.28. The van der Waals surface area contributed by atoms with E-state index in [4.69, 9.17) is 33.0 Å². The number of nitrogens with one attached hydrogen (secondary N) is 2. The molecule has 10 heteroatoms. The van der Waals surface area contributed by atoms with Gasteiger partial charge in [0.15, 0.2) is 15.9 Å². The molecule has 2 N–H and O–H groups in total. The van der Waals surface area contributed by atoms with E-state index < -0.39 is 5.91 Å². The van der Waals surface area contributed by atoms with E-state index in [9.17, 15) is 4.79 Å². The summed E-state index contributed by atoms with van der Waals surface area (Å²) in [5.41, 5.74) is 1.92. The number of amides is 1. The second kappa shape index (κ2) is 9.90. The van der Waals surface area contributed by atoms with E-state index in [2.05, 4.69) is 20.8 Å². The van der Waals surface area contributed by atoms with E-state index in [0.29, 0.717) is 20.9 Å². The third-order valence-electron chi connectivity index (χ3n) is 4.22. The van der Waals surface area contributed by atoms with Crippen molar-refractivity contribution in [2.45, 2.75) is 13.5 Å². The first-order valence-electron chi connectivity index (χ1n) is 9.46. The van der Waals surface area contributed by atoms with Gasteiger partial charge in [-0.15, -0.1) is 10.2 Å². The van der Waals surface area contributed by atoms with Crippen LogP contribution in [0.15, 0.2) is 65.1 Å². The highest BCUT2D eigenvalue weighted by Crippen LogP contribution is 2.24. The van der Waals surface area contributed by atoms with Crippen LogP contribution in [-0.2, 0) is 6.61 Å². The van der Waals surface area contributed by atoms with Gasteiger partial charge in [0.25, 0.3) is 5.91 Å². The summed E-state index contributed by atoms with van der Waals surface area (Å²) >= 11 is 12.4. The molecule has 0 atom stereocenters. The first-order chi connectivity index (χ1) is 15.5. The predicted octanol–water partition coefficient (Wildman–Crippen LogP) is 5.47. The van der Waals surface area contributed by atoms with Gasteiger partial charge in [-0.05, 0) is 73.2 Å². The smallest absolute Gasteiger partial charge is 0.293 e. The van der Waals surface area contributed by atoms with E-state index in [1.54, 1.807) is 24.3 Å². The Labute approximate surface area is 198 Å². The van der Waals surface area contributed by atoms with Crippen LogP contribution < -0.4 is 15.4 Å². The van der Waals surface area contributed by atoms with Gasteiger partial charge < -0.3 is 14.5 Å². The summed E-state index contributed by atoms with van der Waals surface area (Å²) in [6.07, 6.45) is 0. The van der Waals surface area contributed by atoms with Crippen molar-refractivity contribution in [3.05, 3.63) is 82.0 Å². The van der Waals surface area contributed by atoms with Gasteiger partial charge in [0.1, 0.15) is 18.1 Å². The normalized spacial score (nSPS) is 10.6. The molecule has 0 aliphatic carbocycles. The molecule has 0 radical (unpaired) electrons. The minimum Gasteiger partial charge on any atom is -0.486 e. The molecule has 0 spiro atoms. The SMILES string of the molecule is Cc1cccc(OCc2nnc(NC(=S)NC(=O)c3ccc(-c4ccc(Cl)cc4)o3)s2)c1. The van der Waals surface area contributed by atoms with Gasteiger partial charge in [-0.3, -0.25) is 10.1 Å². The van der Waals surface area contributed by atoms with E-state index in [1.165, 1.54) is 11.3 Å². The van der Waals surface area contributed by atoms with Crippen molar-refractivity contribution >= 4 is 51.3 Å². The highest BCUT2D eigenvalue weighted by molar-refractivity contribution is 7.80. The number of nitrogens with zero attached hydrogens (tertiary/aromatic N) is 2. The molecule has 7 nitrogen and oxygen atoms in total. The number of aryl methyl sites for hydroxylation is 1. The third kappa shape index (κ3) is 5.70. The Bertz CT molecular complexity index is 1250. The lowest BCUT2D eigenvalue weighted by Crippen LogP contribution is -2.33. The van der Waals surface area contributed by atoms with Crippen molar-refractivity contribution in [3.8, 4) is 17.1 Å². The maximum atomic E-state index is 12.4. The van der Waals surface area contributed by atoms with Gasteiger partial charge in [-0.25, -0.2) is 0 Å². The van der Waals surface area contributed by atoms with Crippen LogP contribution in [0.25, 0.3) is 11.3 Å². The molecular weight excluding hydrogens is 468 g/mol. The van der Waals surface area contributed by atoms with Crippen molar-refractivity contribution in [1.82, 2.24) is 15.5 Å². The number of carbonyl (C=O) groups is 1. The van der Waals surface area contributed by atoms with Gasteiger partial charge in [0, 0.05) is 10.6 Å². The first kappa shape index (κ1) is 21.9. The molecule has 0 unspecified atom stereocenters. The van der Waals surface area contributed by atoms with Crippen molar-refractivity contribution < 1.29 is 13.9 Å². The number of hydrogen-bond acceptors (Lipinski definition) is 7. The van der Waals surface area contributed by atoms with Crippen molar-refractivity contribution in [1.29, 1.82) is 0 Å². The Kier molecular flexibility index (Phi) is 6.79. The number of ether oxygens (including phenoxy) is 1. The van der Waals surface area contributed by atoms with E-state index in [1.807, 2.05) is 43.3 Å². The summed E-state index contributed by atoms with van der Waals surface area (Å²) < 4.78 is 11.3. The second-order valence-corrected chi connectivity index (χ2v) is 8.59. The van der Waals surface area contributed by atoms with Gasteiger partial charge >= 0.3 is 0 Å². The molecule has 0 bridgehead atoms. The van der Waals surface area contributed by atoms with Crippen LogP contribution in [0.5, 0.6) is 5.75 Å². The number of carbonyl (C=O) groups excluding carboxylic acids is 1. The van der Waals surface area contributed by atoms with E-state index in [-0.39, 0.29) is 17.5 Å². The lowest BCUT2D eigenvalue weighted by molar-refractivity contribution is 0.0951. The summed E-state index contributed by atoms with van der Waals surface area (Å²) in [5.74, 6) is 0.959. The molecule has 0 saturated carbocycles. The van der Waals surface area contributed by atoms with Gasteiger partial charge in [-0.1, -0.05) is 35.1 Å². The summed E-state index contributed by atoms with van der Waals surface area (Å²) in [7, 11) is 0. The zero-order valence-electron chi connectivity index (χ0n) is 16.8. The highest BCUT2D eigenvalue weighted by atomic mass is 35.5. The lowest BCUT2D eigenvalue weighted by atomic mass is 10.2. The number of rotatable bonds is 6. The van der Waals surface area contributed by atoms with Gasteiger partial charge in [0.05, 0.1) is 0 Å². The van der Waals surface area contributed by atoms with Crippen LogP contribution in [-0.4, -0.2) is 21.2 Å². The summed E-state index contributed by atoms with van der Waals surface area (Å²) in [5, 5.41) is 15.3. The maximum absolute atomic E-state index is 12.4. The summed E-state index contributed by atoms with van der Waals surface area (Å²) in [6, 6.07) is 18.2. The Morgan fingerprint density at radius 2 is 1.97 bits per heavy atom. The maximum Gasteiger partial charge on any atom is 0.293 e. The molecule has 2 aromatic carbocycles. The van der Waals surface area contributed by atoms with Crippen molar-refractivity contribution in [2.75, 3.05) is 5.32 Å². The minimum atomic E-state index is -0.477. The van der Waals surface area contributed by atoms with E-state index in [0.717, 1.165) is 16.9 Å². The average molecular weight is 485 g/mol. The number of thiocarbonyl (C=S) groups is 1. The fourth-order valence-electron chi connectivity index (χ4n) is 2.73. The van der Waals surface area contributed by atoms with Crippen LogP contribution in [0.3, 0.4) is 0 Å². The molecule has 0 aliphatic heterocycles. The molecule has 32 heavy (non-hydrogen) atoms. The molecule has 2 heterocycles. The van der Waals surface area contributed by atoms with Crippen LogP contribution in [0.2, 0.25) is 5.02 Å². The number of anilines is 1. The Morgan fingerprint density at radius 1 is 1.16 bits per heavy atom. The molecule has 4 aromatic rings. The lowest BCUT2D eigenvalue weighted by Gasteiger charge is -2.05. The number of furan rings is 1. The topological polar surface area (TPSA) is 89.3 Å². The molecule has 0 saturated heterocycles. The van der Waals surface area contributed by atoms with Gasteiger partial charge in [-0.2, -0.15) is 0 Å². The Morgan fingerprint density at radius 3 is 2.75 bits per heavy atom. The van der Waals surface area contributed by atoms with E-state index >= 15 is 0 Å². The Balaban J connectivity index is 1.30. The molecule has 2 aromatic heterocycles. The first-order valence-corrected chi connectivity index (χ1v) is 11.1. The molecule has 1 amide bonds. The predicted molar refractivity (Wildman–Crippen MR) is 128 cm³/mol. The fraction of sp³-hybridized carbons (Fsp3) is 0.0909. The number of hydrogen-bond donors (Lipinski definition) is 2. The average Bonchev–Trinajstić information content (AvgIpc) is 3.43. The van der Waals surface area contributed by atoms with Crippen LogP contribution in [0, 0.1) is 6.92 Å². The standard InChI is InChI=1S/C22H17ClN4O3S2/c1-13-3-2-4-16(11-13)29-12-19-26-27-22(32-19)25-21(31)24-20(28)18-10-9-17(30-18)14-5-7-15(23)8-6-14/h2-11H,12H2,1H3,(H2,24,25,27,28,31). The monoisotopic (exact) mass is 484 g/mol. The third-order valence-corrected chi connectivity index (χ3v) is 5.49. The molecule has 0 aliphatic rings. The number of halogens is 1. The van der Waals surface area contributed by atoms with Crippen molar-refractivity contribution in [3.63, 3.8) is 0 Å².